The maximum atomic E-state index is 8.65. The van der Waals surface area contributed by atoms with Crippen LogP contribution in [0.25, 0.3) is 0 Å². The average Bonchev–Trinajstić information content (AvgIpc) is 2.34. The molecule has 0 aromatic carbocycles. The second-order valence-electron chi connectivity index (χ2n) is 2.19. The fraction of sp³-hybridized carbons (Fsp3) is 0.500. The second kappa shape index (κ2) is 4.33. The van der Waals surface area contributed by atoms with Crippen molar-refractivity contribution in [3.05, 3.63) is 18.2 Å². The molecule has 1 heterocycles. The summed E-state index contributed by atoms with van der Waals surface area (Å²) >= 11 is 0. The maximum absolute atomic E-state index is 8.65. The molecule has 0 aliphatic heterocycles. The summed E-state index contributed by atoms with van der Waals surface area (Å²) in [6, 6.07) is -0.361. The Kier molecular flexibility index (Phi) is 4.10. The quantitative estimate of drug-likeness (QED) is 0.660. The van der Waals surface area contributed by atoms with Gasteiger partial charge in [0.25, 0.3) is 0 Å². The van der Waals surface area contributed by atoms with Crippen LogP contribution in [0, 0.1) is 0 Å². The van der Waals surface area contributed by atoms with Gasteiger partial charge < -0.3 is 15.4 Å². The Balaban J connectivity index is 0.000001000. The first-order valence-corrected chi connectivity index (χ1v) is 3.09. The lowest BCUT2D eigenvalue weighted by Gasteiger charge is -2.06. The first kappa shape index (κ1) is 10.4. The fourth-order valence-electron chi connectivity index (χ4n) is 0.816. The van der Waals surface area contributed by atoms with Crippen molar-refractivity contribution in [3.63, 3.8) is 0 Å². The van der Waals surface area contributed by atoms with Crippen molar-refractivity contribution >= 4 is 12.4 Å². The minimum absolute atomic E-state index is 0. The fourth-order valence-corrected chi connectivity index (χ4v) is 0.816. The van der Waals surface area contributed by atoms with E-state index in [4.69, 9.17) is 10.8 Å². The van der Waals surface area contributed by atoms with Gasteiger partial charge in [-0.3, -0.25) is 0 Å². The van der Waals surface area contributed by atoms with Crippen LogP contribution in [0.4, 0.5) is 0 Å². The zero-order chi connectivity index (χ0) is 7.56. The topological polar surface area (TPSA) is 64.1 Å². The number of hydrogen-bond acceptors (Lipinski definition) is 3. The standard InChI is InChI=1S/C6H11N3O.ClH/c1-9-3-2-8-6(9)5(7)4-10;/h2-3,5,10H,4,7H2,1H3;1H/t5-;/m1./s1. The van der Waals surface area contributed by atoms with Gasteiger partial charge in [0.05, 0.1) is 12.6 Å². The molecule has 0 saturated carbocycles. The SMILES string of the molecule is Cl.Cn1ccnc1[C@H](N)CO. The minimum Gasteiger partial charge on any atom is -0.394 e. The Morgan fingerprint density at radius 3 is 2.82 bits per heavy atom. The van der Waals surface area contributed by atoms with E-state index in [9.17, 15) is 0 Å². The van der Waals surface area contributed by atoms with Crippen LogP contribution in [0.5, 0.6) is 0 Å². The van der Waals surface area contributed by atoms with Crippen LogP contribution in [0.2, 0.25) is 0 Å². The van der Waals surface area contributed by atoms with Crippen LogP contribution in [0.1, 0.15) is 11.9 Å². The number of nitrogens with two attached hydrogens (primary N) is 1. The van der Waals surface area contributed by atoms with Crippen LogP contribution in [0.15, 0.2) is 12.4 Å². The van der Waals surface area contributed by atoms with Crippen LogP contribution in [-0.2, 0) is 7.05 Å². The van der Waals surface area contributed by atoms with Gasteiger partial charge in [-0.1, -0.05) is 0 Å². The molecule has 0 unspecified atom stereocenters. The molecule has 0 spiro atoms. The number of nitrogens with zero attached hydrogens (tertiary/aromatic N) is 2. The Morgan fingerprint density at radius 1 is 1.82 bits per heavy atom. The van der Waals surface area contributed by atoms with Crippen molar-refractivity contribution in [2.45, 2.75) is 6.04 Å². The van der Waals surface area contributed by atoms with Crippen molar-refractivity contribution in [1.82, 2.24) is 9.55 Å². The van der Waals surface area contributed by atoms with Gasteiger partial charge in [-0.25, -0.2) is 4.98 Å². The van der Waals surface area contributed by atoms with Gasteiger partial charge in [0.2, 0.25) is 0 Å². The zero-order valence-electron chi connectivity index (χ0n) is 6.27. The number of imidazole rings is 1. The molecule has 11 heavy (non-hydrogen) atoms. The largest absolute Gasteiger partial charge is 0.394 e. The van der Waals surface area contributed by atoms with E-state index < -0.39 is 0 Å². The van der Waals surface area contributed by atoms with E-state index in [1.807, 2.05) is 7.05 Å². The van der Waals surface area contributed by atoms with Gasteiger partial charge in [-0.15, -0.1) is 12.4 Å². The third-order valence-corrected chi connectivity index (χ3v) is 1.39. The molecule has 0 radical (unpaired) electrons. The average molecular weight is 178 g/mol. The lowest BCUT2D eigenvalue weighted by atomic mass is 10.3. The number of aromatic nitrogens is 2. The Labute approximate surface area is 71.5 Å². The Hall–Kier alpha value is -0.580. The van der Waals surface area contributed by atoms with Gasteiger partial charge >= 0.3 is 0 Å². The molecule has 1 rings (SSSR count). The van der Waals surface area contributed by atoms with Crippen molar-refractivity contribution in [1.29, 1.82) is 0 Å². The van der Waals surface area contributed by atoms with Crippen LogP contribution in [-0.4, -0.2) is 21.3 Å². The molecule has 0 fully saturated rings. The van der Waals surface area contributed by atoms with Crippen LogP contribution < -0.4 is 5.73 Å². The lowest BCUT2D eigenvalue weighted by Crippen LogP contribution is -2.18. The molecule has 0 amide bonds. The number of halogens is 1. The third kappa shape index (κ3) is 2.18. The number of aliphatic hydroxyl groups is 1. The van der Waals surface area contributed by atoms with Gasteiger partial charge in [0.1, 0.15) is 5.82 Å². The molecular formula is C6H12ClN3O. The van der Waals surface area contributed by atoms with Crippen molar-refractivity contribution in [2.24, 2.45) is 12.8 Å². The predicted octanol–water partition coefficient (Wildman–Crippen LogP) is -0.166. The Morgan fingerprint density at radius 2 is 2.45 bits per heavy atom. The summed E-state index contributed by atoms with van der Waals surface area (Å²) in [4.78, 5) is 3.96. The van der Waals surface area contributed by atoms with E-state index in [1.165, 1.54) is 0 Å². The third-order valence-electron chi connectivity index (χ3n) is 1.39. The summed E-state index contributed by atoms with van der Waals surface area (Å²) < 4.78 is 1.79. The molecule has 64 valence electrons. The maximum Gasteiger partial charge on any atom is 0.127 e. The molecule has 0 aliphatic rings. The second-order valence-corrected chi connectivity index (χ2v) is 2.19. The zero-order valence-corrected chi connectivity index (χ0v) is 7.08. The first-order valence-electron chi connectivity index (χ1n) is 3.09. The number of hydrogen-bond donors (Lipinski definition) is 2. The molecule has 0 saturated heterocycles. The highest BCUT2D eigenvalue weighted by molar-refractivity contribution is 5.85. The molecule has 4 nitrogen and oxygen atoms in total. The number of aliphatic hydroxyl groups excluding tert-OH is 1. The number of rotatable bonds is 2. The summed E-state index contributed by atoms with van der Waals surface area (Å²) in [6.45, 7) is -0.0646. The molecule has 1 aromatic heterocycles. The molecular weight excluding hydrogens is 166 g/mol. The number of aryl methyl sites for hydroxylation is 1. The summed E-state index contributed by atoms with van der Waals surface area (Å²) in [5, 5.41) is 8.65. The summed E-state index contributed by atoms with van der Waals surface area (Å²) in [6.07, 6.45) is 3.45. The molecule has 1 aromatic rings. The molecule has 1 atom stereocenters. The summed E-state index contributed by atoms with van der Waals surface area (Å²) in [5.41, 5.74) is 5.51. The van der Waals surface area contributed by atoms with Crippen LogP contribution in [0.3, 0.4) is 0 Å². The summed E-state index contributed by atoms with van der Waals surface area (Å²) in [7, 11) is 1.85. The lowest BCUT2D eigenvalue weighted by molar-refractivity contribution is 0.261. The van der Waals surface area contributed by atoms with E-state index in [1.54, 1.807) is 17.0 Å². The van der Waals surface area contributed by atoms with E-state index in [2.05, 4.69) is 4.98 Å². The highest BCUT2D eigenvalue weighted by Gasteiger charge is 2.07. The van der Waals surface area contributed by atoms with Gasteiger partial charge in [0.15, 0.2) is 0 Å². The Bertz CT molecular complexity index is 213. The normalized spacial score (nSPS) is 12.3. The van der Waals surface area contributed by atoms with Gasteiger partial charge in [-0.2, -0.15) is 0 Å². The molecule has 0 aliphatic carbocycles. The van der Waals surface area contributed by atoms with E-state index in [0.29, 0.717) is 5.82 Å². The summed E-state index contributed by atoms with van der Waals surface area (Å²) in [5.74, 6) is 0.711. The highest BCUT2D eigenvalue weighted by atomic mass is 35.5. The van der Waals surface area contributed by atoms with Crippen LogP contribution >= 0.6 is 12.4 Å². The minimum atomic E-state index is -0.361. The predicted molar refractivity (Wildman–Crippen MR) is 44.5 cm³/mol. The first-order chi connectivity index (χ1) is 4.75. The van der Waals surface area contributed by atoms with Gasteiger partial charge in [0, 0.05) is 19.4 Å². The highest BCUT2D eigenvalue weighted by Crippen LogP contribution is 2.03. The monoisotopic (exact) mass is 177 g/mol. The van der Waals surface area contributed by atoms with Crippen molar-refractivity contribution in [3.8, 4) is 0 Å². The molecule has 0 bridgehead atoms. The van der Waals surface area contributed by atoms with E-state index in [-0.39, 0.29) is 25.1 Å². The molecule has 5 heteroatoms. The van der Waals surface area contributed by atoms with E-state index in [0.717, 1.165) is 0 Å². The van der Waals surface area contributed by atoms with Crippen molar-refractivity contribution in [2.75, 3.05) is 6.61 Å². The molecule has 3 N–H and O–H groups in total. The van der Waals surface area contributed by atoms with E-state index >= 15 is 0 Å². The van der Waals surface area contributed by atoms with Crippen molar-refractivity contribution < 1.29 is 5.11 Å². The van der Waals surface area contributed by atoms with Gasteiger partial charge in [-0.05, 0) is 0 Å². The smallest absolute Gasteiger partial charge is 0.127 e.